The van der Waals surface area contributed by atoms with Gasteiger partial charge in [-0.25, -0.2) is 0 Å². The second-order valence-corrected chi connectivity index (χ2v) is 9.92. The van der Waals surface area contributed by atoms with Gasteiger partial charge in [-0.05, 0) is 59.4 Å². The molecule has 152 valence electrons. The van der Waals surface area contributed by atoms with Crippen LogP contribution in [0.5, 0.6) is 5.75 Å². The molecule has 2 bridgehead atoms. The summed E-state index contributed by atoms with van der Waals surface area (Å²) in [6.07, 6.45) is 12.5. The van der Waals surface area contributed by atoms with Gasteiger partial charge < -0.3 is 4.74 Å². The van der Waals surface area contributed by atoms with E-state index < -0.39 is 0 Å². The monoisotopic (exact) mass is 394 g/mol. The van der Waals surface area contributed by atoms with Gasteiger partial charge >= 0.3 is 0 Å². The third kappa shape index (κ3) is 2.54. The van der Waals surface area contributed by atoms with Crippen LogP contribution in [-0.2, 0) is 12.8 Å². The summed E-state index contributed by atoms with van der Waals surface area (Å²) >= 11 is 0. The van der Waals surface area contributed by atoms with Crippen molar-refractivity contribution >= 4 is 10.8 Å². The molecule has 1 nitrogen and oxygen atoms in total. The lowest BCUT2D eigenvalue weighted by Gasteiger charge is -2.62. The van der Waals surface area contributed by atoms with Crippen molar-refractivity contribution in [2.45, 2.75) is 51.6 Å². The molecule has 0 N–H and O–H groups in total. The molecule has 0 saturated heterocycles. The topological polar surface area (TPSA) is 9.23 Å². The van der Waals surface area contributed by atoms with Crippen LogP contribution in [0.1, 0.15) is 43.7 Å². The Hall–Kier alpha value is -2.54. The molecule has 1 heterocycles. The molecular weight excluding hydrogens is 364 g/mol. The van der Waals surface area contributed by atoms with Crippen LogP contribution >= 0.6 is 0 Å². The van der Waals surface area contributed by atoms with Crippen LogP contribution < -0.4 is 4.74 Å². The average molecular weight is 395 g/mol. The SMILES string of the molecule is CC12C=CCC(CCC1)C21Cc2c(ccc3ccccc23)OC1Cc1ccccc1. The Bertz CT molecular complexity index is 1110. The van der Waals surface area contributed by atoms with Gasteiger partial charge in [0.1, 0.15) is 11.9 Å². The minimum atomic E-state index is 0.160. The van der Waals surface area contributed by atoms with Gasteiger partial charge in [-0.3, -0.25) is 0 Å². The van der Waals surface area contributed by atoms with Gasteiger partial charge in [0.05, 0.1) is 0 Å². The summed E-state index contributed by atoms with van der Waals surface area (Å²) < 4.78 is 7.00. The highest BCUT2D eigenvalue weighted by molar-refractivity contribution is 5.88. The molecule has 30 heavy (non-hydrogen) atoms. The van der Waals surface area contributed by atoms with Gasteiger partial charge in [0.25, 0.3) is 0 Å². The standard InChI is InChI=1S/C29H30O/c1-28-17-7-12-23(13-8-18-28)29(28)20-25-24-14-6-5-11-22(24)15-16-26(25)30-27(29)19-21-9-3-2-4-10-21/h2-7,9-11,14-17,23,27H,8,12-13,18-20H2,1H3. The number of benzene rings is 3. The molecule has 0 aromatic heterocycles. The molecule has 1 heteroatoms. The van der Waals surface area contributed by atoms with Gasteiger partial charge in [0.2, 0.25) is 0 Å². The Balaban J connectivity index is 1.55. The largest absolute Gasteiger partial charge is 0.489 e. The summed E-state index contributed by atoms with van der Waals surface area (Å²) in [5.74, 6) is 1.80. The summed E-state index contributed by atoms with van der Waals surface area (Å²) in [7, 11) is 0. The molecule has 2 aliphatic carbocycles. The molecule has 3 aromatic rings. The summed E-state index contributed by atoms with van der Waals surface area (Å²) in [5, 5.41) is 2.71. The highest BCUT2D eigenvalue weighted by Gasteiger charge is 2.61. The van der Waals surface area contributed by atoms with Crippen LogP contribution in [0.2, 0.25) is 0 Å². The Morgan fingerprint density at radius 1 is 0.967 bits per heavy atom. The van der Waals surface area contributed by atoms with E-state index in [0.717, 1.165) is 18.6 Å². The first-order valence-corrected chi connectivity index (χ1v) is 11.6. The first-order chi connectivity index (χ1) is 14.7. The fraction of sp³-hybridized carbons (Fsp3) is 0.379. The van der Waals surface area contributed by atoms with Crippen molar-refractivity contribution in [2.24, 2.45) is 16.7 Å². The van der Waals surface area contributed by atoms with E-state index in [9.17, 15) is 0 Å². The first-order valence-electron chi connectivity index (χ1n) is 11.6. The van der Waals surface area contributed by atoms with Crippen molar-refractivity contribution in [1.82, 2.24) is 0 Å². The molecule has 1 saturated carbocycles. The van der Waals surface area contributed by atoms with E-state index in [1.807, 2.05) is 0 Å². The van der Waals surface area contributed by atoms with E-state index in [0.29, 0.717) is 5.92 Å². The van der Waals surface area contributed by atoms with Crippen molar-refractivity contribution in [2.75, 3.05) is 0 Å². The number of rotatable bonds is 2. The number of hydrogen-bond donors (Lipinski definition) is 0. The molecule has 0 radical (unpaired) electrons. The molecule has 6 rings (SSSR count). The van der Waals surface area contributed by atoms with Crippen molar-refractivity contribution in [3.63, 3.8) is 0 Å². The lowest BCUT2D eigenvalue weighted by Crippen LogP contribution is -2.61. The smallest absolute Gasteiger partial charge is 0.123 e. The molecule has 1 fully saturated rings. The summed E-state index contributed by atoms with van der Waals surface area (Å²) in [5.41, 5.74) is 3.18. The van der Waals surface area contributed by atoms with Gasteiger partial charge in [-0.2, -0.15) is 0 Å². The maximum absolute atomic E-state index is 7.00. The molecule has 3 aromatic carbocycles. The van der Waals surface area contributed by atoms with Crippen LogP contribution in [0.4, 0.5) is 0 Å². The maximum Gasteiger partial charge on any atom is 0.123 e. The molecule has 4 atom stereocenters. The lowest BCUT2D eigenvalue weighted by molar-refractivity contribution is -0.121. The predicted octanol–water partition coefficient (Wildman–Crippen LogP) is 7.14. The van der Waals surface area contributed by atoms with Gasteiger partial charge in [0, 0.05) is 17.4 Å². The minimum Gasteiger partial charge on any atom is -0.489 e. The van der Waals surface area contributed by atoms with Gasteiger partial charge in [-0.1, -0.05) is 86.2 Å². The van der Waals surface area contributed by atoms with Crippen LogP contribution in [-0.4, -0.2) is 6.10 Å². The lowest BCUT2D eigenvalue weighted by atomic mass is 9.44. The molecule has 0 amide bonds. The number of hydrogen-bond acceptors (Lipinski definition) is 1. The van der Waals surface area contributed by atoms with Crippen LogP contribution in [0.25, 0.3) is 10.8 Å². The Kier molecular flexibility index (Phi) is 4.10. The summed E-state index contributed by atoms with van der Waals surface area (Å²) in [4.78, 5) is 0. The zero-order valence-corrected chi connectivity index (χ0v) is 17.8. The predicted molar refractivity (Wildman–Crippen MR) is 124 cm³/mol. The highest BCUT2D eigenvalue weighted by Crippen LogP contribution is 2.64. The molecule has 1 spiro atoms. The molecule has 3 aliphatic rings. The number of fused-ring (bicyclic) bond motifs is 3. The van der Waals surface area contributed by atoms with Gasteiger partial charge in [0.15, 0.2) is 0 Å². The third-order valence-corrected chi connectivity index (χ3v) is 8.52. The highest BCUT2D eigenvalue weighted by atomic mass is 16.5. The van der Waals surface area contributed by atoms with Crippen LogP contribution in [0.15, 0.2) is 78.9 Å². The quantitative estimate of drug-likeness (QED) is 0.420. The van der Waals surface area contributed by atoms with Crippen molar-refractivity contribution in [1.29, 1.82) is 0 Å². The van der Waals surface area contributed by atoms with E-state index in [4.69, 9.17) is 4.74 Å². The number of ether oxygens (including phenoxy) is 1. The van der Waals surface area contributed by atoms with Crippen molar-refractivity contribution < 1.29 is 4.74 Å². The average Bonchev–Trinajstić information content (AvgIpc) is 2.76. The maximum atomic E-state index is 7.00. The van der Waals surface area contributed by atoms with E-state index in [1.165, 1.54) is 47.6 Å². The molecule has 4 unspecified atom stereocenters. The second-order valence-electron chi connectivity index (χ2n) is 9.92. The van der Waals surface area contributed by atoms with Crippen LogP contribution in [0, 0.1) is 16.7 Å². The fourth-order valence-electron chi connectivity index (χ4n) is 7.03. The van der Waals surface area contributed by atoms with Crippen molar-refractivity contribution in [3.8, 4) is 5.75 Å². The van der Waals surface area contributed by atoms with Crippen LogP contribution in [0.3, 0.4) is 0 Å². The fourth-order valence-corrected chi connectivity index (χ4v) is 7.03. The third-order valence-electron chi connectivity index (χ3n) is 8.52. The van der Waals surface area contributed by atoms with E-state index in [1.54, 1.807) is 0 Å². The van der Waals surface area contributed by atoms with E-state index >= 15 is 0 Å². The normalized spacial score (nSPS) is 32.0. The summed E-state index contributed by atoms with van der Waals surface area (Å²) in [6, 6.07) is 24.3. The zero-order valence-electron chi connectivity index (χ0n) is 17.8. The summed E-state index contributed by atoms with van der Waals surface area (Å²) in [6.45, 7) is 2.52. The van der Waals surface area contributed by atoms with Gasteiger partial charge in [-0.15, -0.1) is 0 Å². The Morgan fingerprint density at radius 2 is 1.80 bits per heavy atom. The first kappa shape index (κ1) is 18.2. The zero-order chi connectivity index (χ0) is 20.2. The minimum absolute atomic E-state index is 0.160. The molecule has 1 aliphatic heterocycles. The van der Waals surface area contributed by atoms with E-state index in [-0.39, 0.29) is 16.9 Å². The Labute approximate surface area is 179 Å². The van der Waals surface area contributed by atoms with E-state index in [2.05, 4.69) is 85.8 Å². The Morgan fingerprint density at radius 3 is 2.67 bits per heavy atom. The van der Waals surface area contributed by atoms with Crippen molar-refractivity contribution in [3.05, 3.63) is 90.0 Å². The number of allylic oxidation sites excluding steroid dienone is 2. The second kappa shape index (κ2) is 6.74. The molecular formula is C29H30O.